The van der Waals surface area contributed by atoms with Gasteiger partial charge in [0.1, 0.15) is 0 Å². The summed E-state index contributed by atoms with van der Waals surface area (Å²) in [7, 11) is 1.38. The van der Waals surface area contributed by atoms with Crippen molar-refractivity contribution in [3.8, 4) is 0 Å². The highest BCUT2D eigenvalue weighted by Gasteiger charge is 2.26. The number of nitrogens with one attached hydrogen (secondary N) is 2. The van der Waals surface area contributed by atoms with Crippen LogP contribution in [-0.4, -0.2) is 40.7 Å². The minimum atomic E-state index is -1.24. The lowest BCUT2D eigenvalue weighted by molar-refractivity contribution is -0.153. The van der Waals surface area contributed by atoms with Crippen LogP contribution >= 0.6 is 11.8 Å². The first-order valence-electron chi connectivity index (χ1n) is 8.11. The number of hydrogen-bond donors (Lipinski definition) is 2. The third-order valence-electron chi connectivity index (χ3n) is 3.33. The van der Waals surface area contributed by atoms with E-state index in [1.807, 2.05) is 19.9 Å². The zero-order valence-electron chi connectivity index (χ0n) is 15.2. The molecule has 1 aromatic heterocycles. The maximum Gasteiger partial charge on any atom is 0.321 e. The zero-order chi connectivity index (χ0) is 19.8. The summed E-state index contributed by atoms with van der Waals surface area (Å²) in [5.74, 6) is -1.43. The number of carbonyl (C=O) groups is 3. The number of aromatic nitrogens is 2. The van der Waals surface area contributed by atoms with E-state index in [9.17, 15) is 14.4 Å². The predicted octanol–water partition coefficient (Wildman–Crippen LogP) is 1.93. The molecule has 27 heavy (non-hydrogen) atoms. The Morgan fingerprint density at radius 3 is 2.33 bits per heavy atom. The Morgan fingerprint density at radius 2 is 1.74 bits per heavy atom. The second-order valence-electron chi connectivity index (χ2n) is 5.57. The molecule has 1 heterocycles. The van der Waals surface area contributed by atoms with Crippen LogP contribution in [0.3, 0.4) is 0 Å². The zero-order valence-corrected chi connectivity index (χ0v) is 16.0. The molecule has 0 saturated carbocycles. The van der Waals surface area contributed by atoms with Crippen LogP contribution in [0.25, 0.3) is 0 Å². The summed E-state index contributed by atoms with van der Waals surface area (Å²) in [6, 6.07) is 9.62. The van der Waals surface area contributed by atoms with Crippen LogP contribution in [-0.2, 0) is 14.3 Å². The van der Waals surface area contributed by atoms with Crippen LogP contribution in [0.4, 0.5) is 4.79 Å². The summed E-state index contributed by atoms with van der Waals surface area (Å²) >= 11 is 1.12. The van der Waals surface area contributed by atoms with E-state index in [0.29, 0.717) is 10.7 Å². The first kappa shape index (κ1) is 20.4. The molecule has 2 aromatic rings. The van der Waals surface area contributed by atoms with E-state index in [2.05, 4.69) is 20.6 Å². The van der Waals surface area contributed by atoms with Crippen LogP contribution in [0.1, 0.15) is 23.1 Å². The van der Waals surface area contributed by atoms with E-state index >= 15 is 0 Å². The van der Waals surface area contributed by atoms with Gasteiger partial charge in [0.25, 0.3) is 5.91 Å². The van der Waals surface area contributed by atoms with E-state index < -0.39 is 24.0 Å². The topological polar surface area (TPSA) is 110 Å². The first-order chi connectivity index (χ1) is 12.9. The molecule has 0 spiro atoms. The molecule has 142 valence electrons. The minimum Gasteiger partial charge on any atom is -0.447 e. The molecule has 0 fully saturated rings. The molecule has 0 aliphatic carbocycles. The van der Waals surface area contributed by atoms with Gasteiger partial charge in [0.2, 0.25) is 6.10 Å². The van der Waals surface area contributed by atoms with Gasteiger partial charge in [-0.1, -0.05) is 42.1 Å². The average Bonchev–Trinajstić information content (AvgIpc) is 2.64. The lowest BCUT2D eigenvalue weighted by Crippen LogP contribution is -2.41. The Bertz CT molecular complexity index is 809. The number of benzene rings is 1. The largest absolute Gasteiger partial charge is 0.447 e. The summed E-state index contributed by atoms with van der Waals surface area (Å²) in [5, 5.41) is 4.86. The minimum absolute atomic E-state index is 0.0700. The number of aryl methyl sites for hydroxylation is 2. The van der Waals surface area contributed by atoms with Crippen molar-refractivity contribution in [1.29, 1.82) is 0 Å². The van der Waals surface area contributed by atoms with Gasteiger partial charge < -0.3 is 10.1 Å². The smallest absolute Gasteiger partial charge is 0.321 e. The Hall–Kier alpha value is -2.94. The van der Waals surface area contributed by atoms with Crippen LogP contribution in [0.2, 0.25) is 0 Å². The molecule has 2 rings (SSSR count). The van der Waals surface area contributed by atoms with Crippen molar-refractivity contribution < 1.29 is 19.1 Å². The van der Waals surface area contributed by atoms with E-state index in [-0.39, 0.29) is 5.75 Å². The molecule has 0 aliphatic rings. The Labute approximate surface area is 161 Å². The van der Waals surface area contributed by atoms with Crippen molar-refractivity contribution >= 4 is 29.7 Å². The van der Waals surface area contributed by atoms with E-state index in [4.69, 9.17) is 4.74 Å². The molecule has 8 nitrogen and oxygen atoms in total. The molecule has 1 aromatic carbocycles. The molecule has 0 radical (unpaired) electrons. The van der Waals surface area contributed by atoms with E-state index in [1.54, 1.807) is 30.3 Å². The van der Waals surface area contributed by atoms with Gasteiger partial charge >= 0.3 is 12.0 Å². The maximum atomic E-state index is 12.3. The number of amides is 3. The van der Waals surface area contributed by atoms with Crippen LogP contribution in [0.5, 0.6) is 0 Å². The molecule has 0 saturated heterocycles. The quantitative estimate of drug-likeness (QED) is 0.442. The second kappa shape index (κ2) is 9.67. The molecule has 0 unspecified atom stereocenters. The summed E-state index contributed by atoms with van der Waals surface area (Å²) in [5.41, 5.74) is 2.05. The number of hydrogen-bond acceptors (Lipinski definition) is 7. The fourth-order valence-corrected chi connectivity index (χ4v) is 2.92. The number of nitrogens with zero attached hydrogens (tertiary/aromatic N) is 2. The molecular formula is C18H20N4O4S. The van der Waals surface area contributed by atoms with Gasteiger partial charge in [-0.2, -0.15) is 0 Å². The van der Waals surface area contributed by atoms with E-state index in [1.165, 1.54) is 7.05 Å². The molecule has 0 aliphatic heterocycles. The third-order valence-corrected chi connectivity index (χ3v) is 4.16. The standard InChI is InChI=1S/C18H20N4O4S/c1-11-9-12(2)21-18(20-11)27-10-14(23)26-15(13-7-5-4-6-8-13)16(24)22-17(25)19-3/h4-9,15H,10H2,1-3H3,(H2,19,22,24,25)/t15-/m0/s1. The average molecular weight is 388 g/mol. The normalized spacial score (nSPS) is 11.4. The number of rotatable bonds is 6. The van der Waals surface area contributed by atoms with Gasteiger partial charge in [0, 0.05) is 24.0 Å². The molecule has 0 bridgehead atoms. The van der Waals surface area contributed by atoms with Crippen molar-refractivity contribution in [2.45, 2.75) is 25.1 Å². The van der Waals surface area contributed by atoms with Crippen LogP contribution in [0, 0.1) is 13.8 Å². The van der Waals surface area contributed by atoms with Crippen molar-refractivity contribution in [2.75, 3.05) is 12.8 Å². The number of ether oxygens (including phenoxy) is 1. The fraction of sp³-hybridized carbons (Fsp3) is 0.278. The number of imide groups is 1. The van der Waals surface area contributed by atoms with Crippen molar-refractivity contribution in [2.24, 2.45) is 0 Å². The number of urea groups is 1. The summed E-state index contributed by atoms with van der Waals surface area (Å²) in [4.78, 5) is 44.5. The molecule has 3 amide bonds. The fourth-order valence-electron chi connectivity index (χ4n) is 2.19. The van der Waals surface area contributed by atoms with Gasteiger partial charge in [-0.3, -0.25) is 14.9 Å². The lowest BCUT2D eigenvalue weighted by atomic mass is 10.1. The maximum absolute atomic E-state index is 12.3. The Kier molecular flexibility index (Phi) is 7.30. The predicted molar refractivity (Wildman–Crippen MR) is 100 cm³/mol. The Balaban J connectivity index is 2.06. The molecule has 2 N–H and O–H groups in total. The molecule has 9 heteroatoms. The first-order valence-corrected chi connectivity index (χ1v) is 9.09. The Morgan fingerprint density at radius 1 is 1.11 bits per heavy atom. The third kappa shape index (κ3) is 6.37. The number of thioether (sulfide) groups is 1. The van der Waals surface area contributed by atoms with Gasteiger partial charge in [-0.15, -0.1) is 0 Å². The van der Waals surface area contributed by atoms with Gasteiger partial charge in [0.05, 0.1) is 5.75 Å². The lowest BCUT2D eigenvalue weighted by Gasteiger charge is -2.17. The monoisotopic (exact) mass is 388 g/mol. The second-order valence-corrected chi connectivity index (χ2v) is 6.51. The van der Waals surface area contributed by atoms with E-state index in [0.717, 1.165) is 23.1 Å². The van der Waals surface area contributed by atoms with Crippen molar-refractivity contribution in [1.82, 2.24) is 20.6 Å². The van der Waals surface area contributed by atoms with Crippen LogP contribution < -0.4 is 10.6 Å². The molecular weight excluding hydrogens is 368 g/mol. The van der Waals surface area contributed by atoms with Gasteiger partial charge in [-0.05, 0) is 19.9 Å². The highest BCUT2D eigenvalue weighted by Crippen LogP contribution is 2.20. The summed E-state index contributed by atoms with van der Waals surface area (Å²) in [6.07, 6.45) is -1.24. The SMILES string of the molecule is CNC(=O)NC(=O)[C@@H](OC(=O)CSc1nc(C)cc(C)n1)c1ccccc1. The number of esters is 1. The van der Waals surface area contributed by atoms with Crippen molar-refractivity contribution in [3.05, 3.63) is 53.3 Å². The van der Waals surface area contributed by atoms with Gasteiger partial charge in [-0.25, -0.2) is 14.8 Å². The summed E-state index contributed by atoms with van der Waals surface area (Å²) < 4.78 is 5.32. The highest BCUT2D eigenvalue weighted by atomic mass is 32.2. The summed E-state index contributed by atoms with van der Waals surface area (Å²) in [6.45, 7) is 3.68. The van der Waals surface area contributed by atoms with Crippen molar-refractivity contribution in [3.63, 3.8) is 0 Å². The number of carbonyl (C=O) groups excluding carboxylic acids is 3. The van der Waals surface area contributed by atoms with Crippen LogP contribution in [0.15, 0.2) is 41.6 Å². The highest BCUT2D eigenvalue weighted by molar-refractivity contribution is 7.99. The molecule has 1 atom stereocenters. The van der Waals surface area contributed by atoms with Gasteiger partial charge in [0.15, 0.2) is 5.16 Å².